The molecular formula is C11H21NS. The van der Waals surface area contributed by atoms with Crippen molar-refractivity contribution in [1.29, 1.82) is 0 Å². The molecule has 13 heavy (non-hydrogen) atoms. The van der Waals surface area contributed by atoms with Gasteiger partial charge in [0.1, 0.15) is 0 Å². The van der Waals surface area contributed by atoms with Gasteiger partial charge < -0.3 is 5.32 Å². The largest absolute Gasteiger partial charge is 0.310 e. The smallest absolute Gasteiger partial charge is 0.0171 e. The van der Waals surface area contributed by atoms with Gasteiger partial charge in [-0.3, -0.25) is 0 Å². The Morgan fingerprint density at radius 2 is 1.92 bits per heavy atom. The molecule has 1 saturated heterocycles. The fourth-order valence-electron chi connectivity index (χ4n) is 2.63. The summed E-state index contributed by atoms with van der Waals surface area (Å²) in [5.74, 6) is 2.30. The lowest BCUT2D eigenvalue weighted by atomic mass is 10.1. The second kappa shape index (κ2) is 4.22. The molecule has 2 heteroatoms. The van der Waals surface area contributed by atoms with Gasteiger partial charge in [0.2, 0.25) is 0 Å². The first-order valence-electron chi connectivity index (χ1n) is 5.61. The Kier molecular flexibility index (Phi) is 3.20. The van der Waals surface area contributed by atoms with E-state index in [1.54, 1.807) is 0 Å². The van der Waals surface area contributed by atoms with E-state index in [-0.39, 0.29) is 0 Å². The van der Waals surface area contributed by atoms with Crippen molar-refractivity contribution < 1.29 is 0 Å². The van der Waals surface area contributed by atoms with E-state index in [9.17, 15) is 0 Å². The summed E-state index contributed by atoms with van der Waals surface area (Å²) in [6.45, 7) is 4.73. The van der Waals surface area contributed by atoms with Gasteiger partial charge in [-0.15, -0.1) is 0 Å². The quantitative estimate of drug-likeness (QED) is 0.734. The van der Waals surface area contributed by atoms with Gasteiger partial charge >= 0.3 is 0 Å². The van der Waals surface area contributed by atoms with Crippen LogP contribution in [0.4, 0.5) is 0 Å². The second-order valence-corrected chi connectivity index (χ2v) is 6.33. The minimum absolute atomic E-state index is 0.815. The van der Waals surface area contributed by atoms with Crippen molar-refractivity contribution in [2.75, 3.05) is 5.75 Å². The van der Waals surface area contributed by atoms with Gasteiger partial charge in [0.25, 0.3) is 0 Å². The lowest BCUT2D eigenvalue weighted by Crippen LogP contribution is -2.37. The predicted octanol–water partition coefficient (Wildman–Crippen LogP) is 2.66. The van der Waals surface area contributed by atoms with E-state index in [4.69, 9.17) is 0 Å². The third-order valence-electron chi connectivity index (χ3n) is 3.36. The summed E-state index contributed by atoms with van der Waals surface area (Å²) in [7, 11) is 0. The van der Waals surface area contributed by atoms with E-state index >= 15 is 0 Å². The van der Waals surface area contributed by atoms with E-state index < -0.39 is 0 Å². The fraction of sp³-hybridized carbons (Fsp3) is 1.00. The highest BCUT2D eigenvalue weighted by molar-refractivity contribution is 8.00. The highest BCUT2D eigenvalue weighted by Crippen LogP contribution is 2.29. The Labute approximate surface area is 86.0 Å². The highest BCUT2D eigenvalue weighted by atomic mass is 32.2. The van der Waals surface area contributed by atoms with Crippen LogP contribution in [0.1, 0.15) is 39.5 Å². The Hall–Kier alpha value is 0.310. The molecule has 76 valence electrons. The molecule has 1 aliphatic carbocycles. The van der Waals surface area contributed by atoms with Crippen LogP contribution in [0.25, 0.3) is 0 Å². The average Bonchev–Trinajstić information content (AvgIpc) is 2.62. The Balaban J connectivity index is 1.72. The number of hydrogen-bond donors (Lipinski definition) is 1. The molecule has 2 rings (SSSR count). The third kappa shape index (κ3) is 2.63. The van der Waals surface area contributed by atoms with Gasteiger partial charge in [0.05, 0.1) is 0 Å². The van der Waals surface area contributed by atoms with Crippen molar-refractivity contribution in [3.8, 4) is 0 Å². The van der Waals surface area contributed by atoms with E-state index in [0.717, 1.165) is 23.3 Å². The van der Waals surface area contributed by atoms with Gasteiger partial charge in [0.15, 0.2) is 0 Å². The van der Waals surface area contributed by atoms with Gasteiger partial charge in [0, 0.05) is 23.1 Å². The summed E-state index contributed by atoms with van der Waals surface area (Å²) in [5.41, 5.74) is 0. The summed E-state index contributed by atoms with van der Waals surface area (Å²) >= 11 is 2.13. The molecule has 2 fully saturated rings. The maximum atomic E-state index is 3.82. The second-order valence-electron chi connectivity index (χ2n) is 4.86. The zero-order valence-corrected chi connectivity index (χ0v) is 9.57. The van der Waals surface area contributed by atoms with Crippen LogP contribution < -0.4 is 5.32 Å². The number of nitrogens with one attached hydrogen (secondary N) is 1. The van der Waals surface area contributed by atoms with Gasteiger partial charge in [-0.1, -0.05) is 13.8 Å². The molecule has 0 amide bonds. The predicted molar refractivity (Wildman–Crippen MR) is 60.3 cm³/mol. The van der Waals surface area contributed by atoms with E-state index in [1.807, 2.05) is 0 Å². The fourth-order valence-corrected chi connectivity index (χ4v) is 3.79. The summed E-state index contributed by atoms with van der Waals surface area (Å²) in [4.78, 5) is 0. The van der Waals surface area contributed by atoms with Crippen LogP contribution in [-0.4, -0.2) is 23.1 Å². The molecule has 4 unspecified atom stereocenters. The Morgan fingerprint density at radius 1 is 1.08 bits per heavy atom. The van der Waals surface area contributed by atoms with Gasteiger partial charge in [-0.25, -0.2) is 0 Å². The molecule has 0 spiro atoms. The van der Waals surface area contributed by atoms with Crippen molar-refractivity contribution in [1.82, 2.24) is 5.32 Å². The molecule has 0 aromatic rings. The maximum absolute atomic E-state index is 3.82. The standard InChI is InChI=1S/C11H21NS/c1-8-3-4-10(5-8)12-11-6-9(2)13-7-11/h8-12H,3-7H2,1-2H3. The summed E-state index contributed by atoms with van der Waals surface area (Å²) in [6.07, 6.45) is 5.65. The maximum Gasteiger partial charge on any atom is 0.0171 e. The minimum Gasteiger partial charge on any atom is -0.310 e. The first-order chi connectivity index (χ1) is 6.24. The van der Waals surface area contributed by atoms with Crippen LogP contribution in [0.2, 0.25) is 0 Å². The van der Waals surface area contributed by atoms with Crippen molar-refractivity contribution in [3.63, 3.8) is 0 Å². The molecule has 1 heterocycles. The highest BCUT2D eigenvalue weighted by Gasteiger charge is 2.27. The van der Waals surface area contributed by atoms with Crippen LogP contribution in [0, 0.1) is 5.92 Å². The van der Waals surface area contributed by atoms with E-state index in [0.29, 0.717) is 0 Å². The van der Waals surface area contributed by atoms with Crippen LogP contribution >= 0.6 is 11.8 Å². The molecule has 1 nitrogen and oxygen atoms in total. The number of thioether (sulfide) groups is 1. The SMILES string of the molecule is CC1CCC(NC2CSC(C)C2)C1. The van der Waals surface area contributed by atoms with Crippen molar-refractivity contribution >= 4 is 11.8 Å². The topological polar surface area (TPSA) is 12.0 Å². The van der Waals surface area contributed by atoms with Gasteiger partial charge in [-0.05, 0) is 31.6 Å². The molecule has 1 saturated carbocycles. The molecule has 0 aromatic heterocycles. The van der Waals surface area contributed by atoms with E-state index in [2.05, 4.69) is 30.9 Å². The zero-order valence-electron chi connectivity index (χ0n) is 8.75. The Bertz CT molecular complexity index is 153. The van der Waals surface area contributed by atoms with Crippen LogP contribution in [0.15, 0.2) is 0 Å². The molecule has 1 N–H and O–H groups in total. The van der Waals surface area contributed by atoms with Crippen molar-refractivity contribution in [2.45, 2.75) is 56.9 Å². The molecule has 0 radical (unpaired) electrons. The molecule has 1 aliphatic heterocycles. The molecule has 2 aliphatic rings. The molecular weight excluding hydrogens is 178 g/mol. The molecule has 0 bridgehead atoms. The van der Waals surface area contributed by atoms with Crippen LogP contribution in [0.5, 0.6) is 0 Å². The zero-order chi connectivity index (χ0) is 9.26. The first-order valence-corrected chi connectivity index (χ1v) is 6.66. The lowest BCUT2D eigenvalue weighted by Gasteiger charge is -2.17. The van der Waals surface area contributed by atoms with Gasteiger partial charge in [-0.2, -0.15) is 11.8 Å². The Morgan fingerprint density at radius 3 is 2.46 bits per heavy atom. The number of rotatable bonds is 2. The van der Waals surface area contributed by atoms with Crippen molar-refractivity contribution in [3.05, 3.63) is 0 Å². The number of hydrogen-bond acceptors (Lipinski definition) is 2. The van der Waals surface area contributed by atoms with E-state index in [1.165, 1.54) is 31.4 Å². The summed E-state index contributed by atoms with van der Waals surface area (Å²) in [5, 5.41) is 4.70. The third-order valence-corrected chi connectivity index (χ3v) is 4.72. The molecule has 0 aromatic carbocycles. The molecule has 4 atom stereocenters. The lowest BCUT2D eigenvalue weighted by molar-refractivity contribution is 0.436. The summed E-state index contributed by atoms with van der Waals surface area (Å²) < 4.78 is 0. The average molecular weight is 199 g/mol. The van der Waals surface area contributed by atoms with Crippen LogP contribution in [-0.2, 0) is 0 Å². The normalized spacial score (nSPS) is 45.7. The monoisotopic (exact) mass is 199 g/mol. The first kappa shape index (κ1) is 9.85. The van der Waals surface area contributed by atoms with Crippen LogP contribution in [0.3, 0.4) is 0 Å². The minimum atomic E-state index is 0.815. The van der Waals surface area contributed by atoms with Crippen molar-refractivity contribution in [2.24, 2.45) is 5.92 Å². The summed E-state index contributed by atoms with van der Waals surface area (Å²) in [6, 6.07) is 1.65.